The zero-order valence-electron chi connectivity index (χ0n) is 10.9. The molecule has 17 heavy (non-hydrogen) atoms. The third kappa shape index (κ3) is 2.93. The lowest BCUT2D eigenvalue weighted by Gasteiger charge is -2.22. The predicted molar refractivity (Wildman–Crippen MR) is 74.8 cm³/mol. The molecule has 1 fully saturated rings. The van der Waals surface area contributed by atoms with Crippen LogP contribution in [-0.2, 0) is 6.54 Å². The van der Waals surface area contributed by atoms with Gasteiger partial charge in [-0.05, 0) is 36.6 Å². The lowest BCUT2D eigenvalue weighted by Crippen LogP contribution is -2.22. The van der Waals surface area contributed by atoms with Crippen molar-refractivity contribution in [2.75, 3.05) is 25.0 Å². The summed E-state index contributed by atoms with van der Waals surface area (Å²) in [6, 6.07) is 6.40. The van der Waals surface area contributed by atoms with E-state index in [1.165, 1.54) is 12.1 Å². The first-order valence-corrected chi connectivity index (χ1v) is 6.58. The number of benzene rings is 1. The van der Waals surface area contributed by atoms with Crippen molar-refractivity contribution in [3.63, 3.8) is 0 Å². The SMILES string of the molecule is CNCc1ccc(N2CCC(C)(C)C2)cc1Cl. The van der Waals surface area contributed by atoms with E-state index in [4.69, 9.17) is 11.6 Å². The van der Waals surface area contributed by atoms with E-state index in [1.807, 2.05) is 7.05 Å². The van der Waals surface area contributed by atoms with Gasteiger partial charge in [0.2, 0.25) is 0 Å². The van der Waals surface area contributed by atoms with Gasteiger partial charge >= 0.3 is 0 Å². The number of nitrogens with zero attached hydrogens (tertiary/aromatic N) is 1. The first kappa shape index (κ1) is 12.7. The van der Waals surface area contributed by atoms with Crippen LogP contribution in [0.4, 0.5) is 5.69 Å². The maximum absolute atomic E-state index is 6.29. The molecule has 3 heteroatoms. The molecule has 0 radical (unpaired) electrons. The maximum atomic E-state index is 6.29. The van der Waals surface area contributed by atoms with Crippen molar-refractivity contribution in [3.05, 3.63) is 28.8 Å². The minimum Gasteiger partial charge on any atom is -0.371 e. The lowest BCUT2D eigenvalue weighted by atomic mass is 9.93. The summed E-state index contributed by atoms with van der Waals surface area (Å²) >= 11 is 6.29. The van der Waals surface area contributed by atoms with Gasteiger partial charge in [0.25, 0.3) is 0 Å². The van der Waals surface area contributed by atoms with Gasteiger partial charge in [-0.2, -0.15) is 0 Å². The fourth-order valence-corrected chi connectivity index (χ4v) is 2.64. The first-order valence-electron chi connectivity index (χ1n) is 6.20. The molecular formula is C14H21ClN2. The van der Waals surface area contributed by atoms with E-state index in [0.29, 0.717) is 5.41 Å². The van der Waals surface area contributed by atoms with Crippen LogP contribution in [0.25, 0.3) is 0 Å². The molecule has 1 N–H and O–H groups in total. The van der Waals surface area contributed by atoms with Crippen LogP contribution >= 0.6 is 11.6 Å². The standard InChI is InChI=1S/C14H21ClN2/c1-14(2)6-7-17(10-14)12-5-4-11(9-16-3)13(15)8-12/h4-5,8,16H,6-7,9-10H2,1-3H3. The number of anilines is 1. The highest BCUT2D eigenvalue weighted by Gasteiger charge is 2.29. The number of halogens is 1. The molecule has 0 amide bonds. The van der Waals surface area contributed by atoms with Crippen molar-refractivity contribution >= 4 is 17.3 Å². The monoisotopic (exact) mass is 252 g/mol. The van der Waals surface area contributed by atoms with Gasteiger partial charge in [0, 0.05) is 30.3 Å². The Morgan fingerprint density at radius 1 is 1.41 bits per heavy atom. The molecular weight excluding hydrogens is 232 g/mol. The summed E-state index contributed by atoms with van der Waals surface area (Å²) in [4.78, 5) is 2.43. The second kappa shape index (κ2) is 4.87. The van der Waals surface area contributed by atoms with Gasteiger partial charge in [0.05, 0.1) is 0 Å². The maximum Gasteiger partial charge on any atom is 0.0471 e. The molecule has 2 nitrogen and oxygen atoms in total. The highest BCUT2D eigenvalue weighted by Crippen LogP contribution is 2.33. The van der Waals surface area contributed by atoms with E-state index in [-0.39, 0.29) is 0 Å². The fourth-order valence-electron chi connectivity index (χ4n) is 2.40. The number of nitrogens with one attached hydrogen (secondary N) is 1. The Labute approximate surface area is 109 Å². The molecule has 1 saturated heterocycles. The van der Waals surface area contributed by atoms with Crippen LogP contribution in [0.1, 0.15) is 25.8 Å². The predicted octanol–water partition coefficient (Wildman–Crippen LogP) is 3.30. The van der Waals surface area contributed by atoms with Crippen molar-refractivity contribution in [3.8, 4) is 0 Å². The largest absolute Gasteiger partial charge is 0.371 e. The molecule has 0 atom stereocenters. The minimum atomic E-state index is 0.427. The summed E-state index contributed by atoms with van der Waals surface area (Å²) in [5.41, 5.74) is 2.84. The Kier molecular flexibility index (Phi) is 3.64. The van der Waals surface area contributed by atoms with Crippen LogP contribution in [0.3, 0.4) is 0 Å². The zero-order valence-corrected chi connectivity index (χ0v) is 11.6. The van der Waals surface area contributed by atoms with Crippen molar-refractivity contribution in [1.29, 1.82) is 0 Å². The topological polar surface area (TPSA) is 15.3 Å². The van der Waals surface area contributed by atoms with E-state index in [1.54, 1.807) is 0 Å². The Hall–Kier alpha value is -0.730. The summed E-state index contributed by atoms with van der Waals surface area (Å²) in [7, 11) is 1.94. The van der Waals surface area contributed by atoms with E-state index < -0.39 is 0 Å². The van der Waals surface area contributed by atoms with Crippen LogP contribution in [0, 0.1) is 5.41 Å². The third-order valence-corrected chi connectivity index (χ3v) is 3.80. The molecule has 1 aromatic rings. The summed E-state index contributed by atoms with van der Waals surface area (Å²) in [6.45, 7) is 7.72. The van der Waals surface area contributed by atoms with Crippen molar-refractivity contribution in [1.82, 2.24) is 5.32 Å². The smallest absolute Gasteiger partial charge is 0.0471 e. The summed E-state index contributed by atoms with van der Waals surface area (Å²) in [6.07, 6.45) is 1.25. The minimum absolute atomic E-state index is 0.427. The van der Waals surface area contributed by atoms with Crippen molar-refractivity contribution in [2.45, 2.75) is 26.8 Å². The zero-order chi connectivity index (χ0) is 12.5. The van der Waals surface area contributed by atoms with Crippen LogP contribution < -0.4 is 10.2 Å². The molecule has 0 aromatic heterocycles. The van der Waals surface area contributed by atoms with Gasteiger partial charge in [-0.3, -0.25) is 0 Å². The fraction of sp³-hybridized carbons (Fsp3) is 0.571. The second-order valence-electron chi connectivity index (χ2n) is 5.64. The van der Waals surface area contributed by atoms with Gasteiger partial charge in [0.1, 0.15) is 0 Å². The van der Waals surface area contributed by atoms with Gasteiger partial charge in [-0.1, -0.05) is 31.5 Å². The molecule has 0 saturated carbocycles. The summed E-state index contributed by atoms with van der Waals surface area (Å²) in [5.74, 6) is 0. The molecule has 1 aliphatic rings. The van der Waals surface area contributed by atoms with Gasteiger partial charge < -0.3 is 10.2 Å². The normalized spacial score (nSPS) is 18.7. The van der Waals surface area contributed by atoms with Gasteiger partial charge in [-0.25, -0.2) is 0 Å². The number of hydrogen-bond acceptors (Lipinski definition) is 2. The average Bonchev–Trinajstić information content (AvgIpc) is 2.62. The molecule has 94 valence electrons. The molecule has 0 spiro atoms. The Morgan fingerprint density at radius 2 is 2.18 bits per heavy atom. The molecule has 0 bridgehead atoms. The van der Waals surface area contributed by atoms with Crippen LogP contribution in [0.2, 0.25) is 5.02 Å². The van der Waals surface area contributed by atoms with Gasteiger partial charge in [0.15, 0.2) is 0 Å². The molecule has 0 unspecified atom stereocenters. The molecule has 2 rings (SSSR count). The van der Waals surface area contributed by atoms with Crippen molar-refractivity contribution < 1.29 is 0 Å². The molecule has 0 aliphatic carbocycles. The van der Waals surface area contributed by atoms with Crippen molar-refractivity contribution in [2.24, 2.45) is 5.41 Å². The Bertz CT molecular complexity index is 401. The summed E-state index contributed by atoms with van der Waals surface area (Å²) in [5, 5.41) is 3.99. The molecule has 1 aromatic carbocycles. The summed E-state index contributed by atoms with van der Waals surface area (Å²) < 4.78 is 0. The van der Waals surface area contributed by atoms with Crippen LogP contribution in [0.5, 0.6) is 0 Å². The van der Waals surface area contributed by atoms with Crippen LogP contribution in [-0.4, -0.2) is 20.1 Å². The molecule has 1 heterocycles. The van der Waals surface area contributed by atoms with Gasteiger partial charge in [-0.15, -0.1) is 0 Å². The van der Waals surface area contributed by atoms with E-state index in [0.717, 1.165) is 30.2 Å². The highest BCUT2D eigenvalue weighted by atomic mass is 35.5. The third-order valence-electron chi connectivity index (χ3n) is 3.45. The molecule has 1 aliphatic heterocycles. The van der Waals surface area contributed by atoms with E-state index in [2.05, 4.69) is 42.3 Å². The van der Waals surface area contributed by atoms with E-state index in [9.17, 15) is 0 Å². The van der Waals surface area contributed by atoms with Crippen LogP contribution in [0.15, 0.2) is 18.2 Å². The first-order chi connectivity index (χ1) is 8.02. The highest BCUT2D eigenvalue weighted by molar-refractivity contribution is 6.31. The number of hydrogen-bond donors (Lipinski definition) is 1. The Balaban J connectivity index is 2.15. The average molecular weight is 253 g/mol. The Morgan fingerprint density at radius 3 is 2.71 bits per heavy atom. The quantitative estimate of drug-likeness (QED) is 0.888. The number of rotatable bonds is 3. The van der Waals surface area contributed by atoms with E-state index >= 15 is 0 Å². The second-order valence-corrected chi connectivity index (χ2v) is 6.05. The lowest BCUT2D eigenvalue weighted by molar-refractivity contribution is 0.418.